The van der Waals surface area contributed by atoms with Gasteiger partial charge in [0.2, 0.25) is 5.88 Å². The number of nitrogens with zero attached hydrogens (tertiary/aromatic N) is 1. The minimum absolute atomic E-state index is 0. The molecular weight excluding hydrogens is 386 g/mol. The van der Waals surface area contributed by atoms with Crippen molar-refractivity contribution in [3.8, 4) is 17.4 Å². The molecule has 0 spiro atoms. The van der Waals surface area contributed by atoms with Crippen molar-refractivity contribution in [3.63, 3.8) is 0 Å². The zero-order valence-electron chi connectivity index (χ0n) is 17.0. The molecule has 0 amide bonds. The van der Waals surface area contributed by atoms with Gasteiger partial charge in [0.05, 0.1) is 12.2 Å². The number of ether oxygens (including phenoxy) is 3. The topological polar surface area (TPSA) is 57.7 Å². The van der Waals surface area contributed by atoms with E-state index in [1.165, 1.54) is 0 Å². The third-order valence-electron chi connectivity index (χ3n) is 3.50. The van der Waals surface area contributed by atoms with E-state index >= 15 is 0 Å². The van der Waals surface area contributed by atoms with E-state index in [1.54, 1.807) is 31.2 Å². The molecule has 1 aromatic heterocycles. The molecular formula is C19H21F3NNaO4. The van der Waals surface area contributed by atoms with Crippen LogP contribution in [0.25, 0.3) is 0 Å². The maximum atomic E-state index is 12.5. The third-order valence-corrected chi connectivity index (χ3v) is 3.50. The van der Waals surface area contributed by atoms with Crippen LogP contribution in [-0.4, -0.2) is 23.7 Å². The predicted molar refractivity (Wildman–Crippen MR) is 92.8 cm³/mol. The smallest absolute Gasteiger partial charge is 1.00 e. The summed E-state index contributed by atoms with van der Waals surface area (Å²) in [5.41, 5.74) is -0.849. The first-order valence-corrected chi connectivity index (χ1v) is 8.44. The fourth-order valence-corrected chi connectivity index (χ4v) is 2.00. The van der Waals surface area contributed by atoms with Gasteiger partial charge in [-0.3, -0.25) is 0 Å². The maximum absolute atomic E-state index is 12.5. The number of halogens is 3. The number of pyridine rings is 1. The average molecular weight is 407 g/mol. The first kappa shape index (κ1) is 24.3. The Labute approximate surface area is 185 Å². The second-order valence-corrected chi connectivity index (χ2v) is 5.74. The number of carbonyl (C=O) groups excluding carboxylic acids is 1. The van der Waals surface area contributed by atoms with Crippen LogP contribution < -0.4 is 39.0 Å². The van der Waals surface area contributed by atoms with Crippen LogP contribution in [0.5, 0.6) is 17.4 Å². The Morgan fingerprint density at radius 3 is 2.32 bits per heavy atom. The molecule has 0 bridgehead atoms. The molecule has 0 aliphatic rings. The zero-order chi connectivity index (χ0) is 19.9. The first-order valence-electron chi connectivity index (χ1n) is 8.44. The molecule has 2 rings (SSSR count). The molecule has 0 fully saturated rings. The fraction of sp³-hybridized carbons (Fsp3) is 0.368. The predicted octanol–water partition coefficient (Wildman–Crippen LogP) is 2.12. The van der Waals surface area contributed by atoms with Crippen molar-refractivity contribution in [1.29, 1.82) is 0 Å². The standard InChI is InChI=1S/C19H20F3NO4.Na.H/c1-3-4-11-25-18(24)13(2)26-15-6-8-16(9-7-15)27-17-10-5-14(12-23-17)19(20,21)22;;/h5-10,12-13H,3-4,11H2,1-2H3;;/q;+1;-1/t13-;;/m1../s1. The van der Waals surface area contributed by atoms with E-state index in [0.29, 0.717) is 24.3 Å². The van der Waals surface area contributed by atoms with Crippen LogP contribution in [-0.2, 0) is 15.7 Å². The van der Waals surface area contributed by atoms with Gasteiger partial charge in [0, 0.05) is 12.3 Å². The number of esters is 1. The number of benzene rings is 1. The minimum atomic E-state index is -4.45. The van der Waals surface area contributed by atoms with Crippen molar-refractivity contribution < 1.29 is 63.2 Å². The Morgan fingerprint density at radius 2 is 1.79 bits per heavy atom. The number of rotatable bonds is 8. The summed E-state index contributed by atoms with van der Waals surface area (Å²) in [6, 6.07) is 8.31. The Bertz CT molecular complexity index is 743. The van der Waals surface area contributed by atoms with Gasteiger partial charge < -0.3 is 15.6 Å². The van der Waals surface area contributed by atoms with Gasteiger partial charge in [-0.1, -0.05) is 13.3 Å². The van der Waals surface area contributed by atoms with Crippen LogP contribution in [0.1, 0.15) is 33.7 Å². The van der Waals surface area contributed by atoms with Gasteiger partial charge >= 0.3 is 41.7 Å². The van der Waals surface area contributed by atoms with Crippen molar-refractivity contribution in [2.75, 3.05) is 6.61 Å². The summed E-state index contributed by atoms with van der Waals surface area (Å²) in [6.07, 6.45) is -2.78. The summed E-state index contributed by atoms with van der Waals surface area (Å²) in [5.74, 6) is 0.387. The average Bonchev–Trinajstić information content (AvgIpc) is 2.63. The number of hydrogen-bond donors (Lipinski definition) is 0. The number of aromatic nitrogens is 1. The van der Waals surface area contributed by atoms with Gasteiger partial charge in [-0.25, -0.2) is 9.78 Å². The van der Waals surface area contributed by atoms with Gasteiger partial charge in [0.25, 0.3) is 0 Å². The molecule has 0 unspecified atom stereocenters. The van der Waals surface area contributed by atoms with Crippen LogP contribution >= 0.6 is 0 Å². The van der Waals surface area contributed by atoms with E-state index in [9.17, 15) is 18.0 Å². The number of unbranched alkanes of at least 4 members (excludes halogenated alkanes) is 1. The second kappa shape index (κ2) is 11.3. The summed E-state index contributed by atoms with van der Waals surface area (Å²) < 4.78 is 53.5. The van der Waals surface area contributed by atoms with Crippen molar-refractivity contribution in [3.05, 3.63) is 48.2 Å². The molecule has 0 saturated carbocycles. The molecule has 1 aromatic carbocycles. The molecule has 0 aliphatic carbocycles. The van der Waals surface area contributed by atoms with E-state index in [0.717, 1.165) is 25.0 Å². The van der Waals surface area contributed by atoms with Gasteiger partial charge in [0.1, 0.15) is 11.5 Å². The Hall–Kier alpha value is -1.77. The van der Waals surface area contributed by atoms with Crippen molar-refractivity contribution in [2.24, 2.45) is 0 Å². The Kier molecular flexibility index (Phi) is 9.78. The molecule has 2 aromatic rings. The molecule has 0 saturated heterocycles. The molecule has 148 valence electrons. The van der Waals surface area contributed by atoms with E-state index < -0.39 is 23.8 Å². The molecule has 5 nitrogen and oxygen atoms in total. The molecule has 1 atom stereocenters. The van der Waals surface area contributed by atoms with Crippen molar-refractivity contribution in [1.82, 2.24) is 4.98 Å². The normalized spacial score (nSPS) is 11.9. The molecule has 28 heavy (non-hydrogen) atoms. The van der Waals surface area contributed by atoms with E-state index in [4.69, 9.17) is 14.2 Å². The summed E-state index contributed by atoms with van der Waals surface area (Å²) in [5, 5.41) is 0. The van der Waals surface area contributed by atoms with Gasteiger partial charge in [-0.05, 0) is 43.7 Å². The van der Waals surface area contributed by atoms with Crippen LogP contribution in [0.4, 0.5) is 13.2 Å². The molecule has 0 radical (unpaired) electrons. The first-order chi connectivity index (χ1) is 12.8. The third kappa shape index (κ3) is 7.69. The van der Waals surface area contributed by atoms with Crippen LogP contribution in [0.2, 0.25) is 0 Å². The molecule has 9 heteroatoms. The van der Waals surface area contributed by atoms with E-state index in [2.05, 4.69) is 4.98 Å². The van der Waals surface area contributed by atoms with Crippen LogP contribution in [0.15, 0.2) is 42.6 Å². The Balaban J connectivity index is 0.00000392. The largest absolute Gasteiger partial charge is 1.00 e. The van der Waals surface area contributed by atoms with Crippen LogP contribution in [0, 0.1) is 0 Å². The fourth-order valence-electron chi connectivity index (χ4n) is 2.00. The molecule has 0 aliphatic heterocycles. The summed E-state index contributed by atoms with van der Waals surface area (Å²) in [6.45, 7) is 3.94. The summed E-state index contributed by atoms with van der Waals surface area (Å²) in [4.78, 5) is 15.4. The minimum Gasteiger partial charge on any atom is -1.00 e. The summed E-state index contributed by atoms with van der Waals surface area (Å²) in [7, 11) is 0. The quantitative estimate of drug-likeness (QED) is 0.381. The van der Waals surface area contributed by atoms with Crippen molar-refractivity contribution in [2.45, 2.75) is 39.0 Å². The van der Waals surface area contributed by atoms with Crippen molar-refractivity contribution >= 4 is 5.97 Å². The van der Waals surface area contributed by atoms with E-state index in [1.807, 2.05) is 6.92 Å². The van der Waals surface area contributed by atoms with Crippen LogP contribution in [0.3, 0.4) is 0 Å². The number of carbonyl (C=O) groups is 1. The summed E-state index contributed by atoms with van der Waals surface area (Å²) >= 11 is 0. The van der Waals surface area contributed by atoms with Gasteiger partial charge in [-0.2, -0.15) is 13.2 Å². The SMILES string of the molecule is CCCCOC(=O)[C@@H](C)Oc1ccc(Oc2ccc(C(F)(F)F)cn2)cc1.[H-].[Na+]. The second-order valence-electron chi connectivity index (χ2n) is 5.74. The zero-order valence-corrected chi connectivity index (χ0v) is 18.0. The van der Waals surface area contributed by atoms with Gasteiger partial charge in [0.15, 0.2) is 6.10 Å². The molecule has 1 heterocycles. The monoisotopic (exact) mass is 407 g/mol. The molecule has 0 N–H and O–H groups in total. The maximum Gasteiger partial charge on any atom is 1.00 e. The number of alkyl halides is 3. The van der Waals surface area contributed by atoms with E-state index in [-0.39, 0.29) is 36.9 Å². The number of hydrogen-bond acceptors (Lipinski definition) is 5. The Morgan fingerprint density at radius 1 is 1.14 bits per heavy atom. The van der Waals surface area contributed by atoms with Gasteiger partial charge in [-0.15, -0.1) is 0 Å².